The molecule has 1 aromatic heterocycles. The van der Waals surface area contributed by atoms with E-state index in [9.17, 15) is 8.42 Å². The van der Waals surface area contributed by atoms with Crippen LogP contribution in [0.4, 0.5) is 5.69 Å². The lowest BCUT2D eigenvalue weighted by atomic mass is 10.2. The Morgan fingerprint density at radius 3 is 2.75 bits per heavy atom. The first-order valence-corrected chi connectivity index (χ1v) is 8.85. The Bertz CT molecular complexity index is 680. The van der Waals surface area contributed by atoms with Crippen LogP contribution < -0.4 is 4.72 Å². The molecule has 20 heavy (non-hydrogen) atoms. The number of thiophene rings is 1. The summed E-state index contributed by atoms with van der Waals surface area (Å²) in [5, 5.41) is 2.03. The summed E-state index contributed by atoms with van der Waals surface area (Å²) in [7, 11) is -3.49. The maximum atomic E-state index is 12.5. The smallest absolute Gasteiger partial charge is 0.271 e. The van der Waals surface area contributed by atoms with Gasteiger partial charge < -0.3 is 0 Å². The molecule has 2 heterocycles. The summed E-state index contributed by atoms with van der Waals surface area (Å²) in [5.74, 6) is 0. The first kappa shape index (κ1) is 13.6. The van der Waals surface area contributed by atoms with Gasteiger partial charge in [0.15, 0.2) is 0 Å². The van der Waals surface area contributed by atoms with Crippen molar-refractivity contribution >= 4 is 27.2 Å². The lowest BCUT2D eigenvalue weighted by Gasteiger charge is -2.20. The highest BCUT2D eigenvalue weighted by Crippen LogP contribution is 2.25. The summed E-state index contributed by atoms with van der Waals surface area (Å²) >= 11 is 1.63. The van der Waals surface area contributed by atoms with Gasteiger partial charge >= 0.3 is 10.2 Å². The van der Waals surface area contributed by atoms with Crippen LogP contribution in [0.2, 0.25) is 0 Å². The average molecular weight is 308 g/mol. The first-order chi connectivity index (χ1) is 9.65. The third kappa shape index (κ3) is 2.87. The fourth-order valence-corrected chi connectivity index (χ4v) is 4.60. The van der Waals surface area contributed by atoms with Gasteiger partial charge in [0.25, 0.3) is 0 Å². The van der Waals surface area contributed by atoms with E-state index in [-0.39, 0.29) is 0 Å². The number of nitrogens with one attached hydrogen (secondary N) is 1. The minimum atomic E-state index is -3.49. The zero-order chi connectivity index (χ0) is 14.0. The van der Waals surface area contributed by atoms with Crippen LogP contribution in [0, 0.1) is 0 Å². The molecule has 0 saturated heterocycles. The molecule has 1 aromatic carbocycles. The fourth-order valence-electron chi connectivity index (χ4n) is 2.34. The highest BCUT2D eigenvalue weighted by molar-refractivity contribution is 7.90. The number of hydrogen-bond acceptors (Lipinski definition) is 3. The van der Waals surface area contributed by atoms with Crippen LogP contribution in [0.3, 0.4) is 0 Å². The van der Waals surface area contributed by atoms with Crippen LogP contribution in [0.15, 0.2) is 41.8 Å². The van der Waals surface area contributed by atoms with Gasteiger partial charge in [-0.1, -0.05) is 18.2 Å². The van der Waals surface area contributed by atoms with Crippen LogP contribution in [-0.4, -0.2) is 19.3 Å². The average Bonchev–Trinajstić information content (AvgIpc) is 2.76. The number of hydrogen-bond donors (Lipinski definition) is 1. The third-order valence-corrected chi connectivity index (χ3v) is 5.80. The quantitative estimate of drug-likeness (QED) is 0.948. The Morgan fingerprint density at radius 1 is 1.15 bits per heavy atom. The lowest BCUT2D eigenvalue weighted by Crippen LogP contribution is -2.35. The van der Waals surface area contributed by atoms with Gasteiger partial charge in [-0.15, -0.1) is 11.3 Å². The molecule has 0 radical (unpaired) electrons. The molecule has 0 saturated carbocycles. The second kappa shape index (κ2) is 5.55. The van der Waals surface area contributed by atoms with Gasteiger partial charge in [-0.3, -0.25) is 4.72 Å². The molecule has 106 valence electrons. The van der Waals surface area contributed by atoms with E-state index in [1.165, 1.54) is 9.87 Å². The molecule has 0 bridgehead atoms. The first-order valence-electron chi connectivity index (χ1n) is 6.53. The van der Waals surface area contributed by atoms with E-state index >= 15 is 0 Å². The number of nitrogens with zero attached hydrogens (tertiary/aromatic N) is 1. The van der Waals surface area contributed by atoms with Gasteiger partial charge in [0.1, 0.15) is 0 Å². The zero-order valence-corrected chi connectivity index (χ0v) is 12.6. The largest absolute Gasteiger partial charge is 0.301 e. The van der Waals surface area contributed by atoms with Crippen LogP contribution in [-0.2, 0) is 23.2 Å². The van der Waals surface area contributed by atoms with E-state index in [2.05, 4.69) is 10.8 Å². The van der Waals surface area contributed by atoms with Crippen LogP contribution in [0.25, 0.3) is 0 Å². The van der Waals surface area contributed by atoms with Gasteiger partial charge in [-0.05, 0) is 42.0 Å². The predicted molar refractivity (Wildman–Crippen MR) is 82.0 cm³/mol. The molecule has 0 aliphatic carbocycles. The third-order valence-electron chi connectivity index (χ3n) is 3.37. The van der Waals surface area contributed by atoms with Crippen molar-refractivity contribution in [2.75, 3.05) is 11.3 Å². The molecule has 0 unspecified atom stereocenters. The Kier molecular flexibility index (Phi) is 3.78. The molecule has 0 fully saturated rings. The second-order valence-corrected chi connectivity index (χ2v) is 7.45. The summed E-state index contributed by atoms with van der Waals surface area (Å²) in [6, 6.07) is 11.1. The van der Waals surface area contributed by atoms with Crippen molar-refractivity contribution in [3.63, 3.8) is 0 Å². The van der Waals surface area contributed by atoms with Crippen molar-refractivity contribution in [1.29, 1.82) is 0 Å². The predicted octanol–water partition coefficient (Wildman–Crippen LogP) is 2.85. The molecule has 2 aromatic rings. The molecule has 0 spiro atoms. The van der Waals surface area contributed by atoms with E-state index in [0.29, 0.717) is 18.8 Å². The Hall–Kier alpha value is -1.37. The number of anilines is 1. The second-order valence-electron chi connectivity index (χ2n) is 4.78. The number of aryl methyl sites for hydroxylation is 1. The van der Waals surface area contributed by atoms with E-state index in [1.807, 2.05) is 23.6 Å². The lowest BCUT2D eigenvalue weighted by molar-refractivity contribution is 0.416. The summed E-state index contributed by atoms with van der Waals surface area (Å²) in [6.07, 6.45) is 1.82. The monoisotopic (exact) mass is 308 g/mol. The van der Waals surface area contributed by atoms with Crippen molar-refractivity contribution in [3.05, 3.63) is 52.2 Å². The number of fused-ring (bicyclic) bond motifs is 1. The topological polar surface area (TPSA) is 49.4 Å². The van der Waals surface area contributed by atoms with Crippen LogP contribution in [0.1, 0.15) is 16.9 Å². The maximum Gasteiger partial charge on any atom is 0.301 e. The molecule has 4 nitrogen and oxygen atoms in total. The van der Waals surface area contributed by atoms with E-state index in [0.717, 1.165) is 17.7 Å². The Morgan fingerprint density at radius 2 is 1.95 bits per heavy atom. The number of rotatable bonds is 3. The van der Waals surface area contributed by atoms with Gasteiger partial charge in [0.2, 0.25) is 0 Å². The maximum absolute atomic E-state index is 12.5. The van der Waals surface area contributed by atoms with Crippen molar-refractivity contribution in [2.45, 2.75) is 19.4 Å². The molecule has 1 aliphatic rings. The normalized spacial score (nSPS) is 16.4. The molecule has 6 heteroatoms. The van der Waals surface area contributed by atoms with E-state index in [1.54, 1.807) is 23.5 Å². The van der Waals surface area contributed by atoms with Gasteiger partial charge in [-0.2, -0.15) is 12.7 Å². The van der Waals surface area contributed by atoms with Gasteiger partial charge in [-0.25, -0.2) is 0 Å². The minimum absolute atomic E-state index is 0.467. The molecular formula is C14H16N2O2S2. The highest BCUT2D eigenvalue weighted by atomic mass is 32.2. The zero-order valence-electron chi connectivity index (χ0n) is 11.0. The van der Waals surface area contributed by atoms with Crippen molar-refractivity contribution in [3.8, 4) is 0 Å². The summed E-state index contributed by atoms with van der Waals surface area (Å²) < 4.78 is 29.1. The van der Waals surface area contributed by atoms with Crippen molar-refractivity contribution < 1.29 is 8.42 Å². The molecule has 1 N–H and O–H groups in total. The number of para-hydroxylation sites is 1. The summed E-state index contributed by atoms with van der Waals surface area (Å²) in [6.45, 7) is 1.03. The van der Waals surface area contributed by atoms with E-state index in [4.69, 9.17) is 0 Å². The van der Waals surface area contributed by atoms with Gasteiger partial charge in [0, 0.05) is 23.7 Å². The molecular weight excluding hydrogens is 292 g/mol. The van der Waals surface area contributed by atoms with Crippen LogP contribution >= 0.6 is 11.3 Å². The highest BCUT2D eigenvalue weighted by Gasteiger charge is 2.25. The van der Waals surface area contributed by atoms with Crippen molar-refractivity contribution in [1.82, 2.24) is 4.31 Å². The standard InChI is InChI=1S/C14H16N2O2S2/c17-20(18,15-13-6-2-1-3-7-13)16-9-4-5-12-8-10-19-14(12)11-16/h1-3,6-8,10,15H,4-5,9,11H2. The molecule has 0 atom stereocenters. The van der Waals surface area contributed by atoms with Gasteiger partial charge in [0.05, 0.1) is 0 Å². The number of benzene rings is 1. The van der Waals surface area contributed by atoms with Crippen LogP contribution in [0.5, 0.6) is 0 Å². The summed E-state index contributed by atoms with van der Waals surface area (Å²) in [5.41, 5.74) is 1.88. The van der Waals surface area contributed by atoms with Crippen molar-refractivity contribution in [2.24, 2.45) is 0 Å². The van der Waals surface area contributed by atoms with E-state index < -0.39 is 10.2 Å². The Labute approximate surface area is 123 Å². The molecule has 0 amide bonds. The fraction of sp³-hybridized carbons (Fsp3) is 0.286. The molecule has 3 rings (SSSR count). The Balaban J connectivity index is 1.81. The SMILES string of the molecule is O=S(=O)(Nc1ccccc1)N1CCCc2ccsc2C1. The summed E-state index contributed by atoms with van der Waals surface area (Å²) in [4.78, 5) is 1.15. The minimum Gasteiger partial charge on any atom is -0.271 e. The molecule has 1 aliphatic heterocycles.